The molecule has 3 heteroatoms. The highest BCUT2D eigenvalue weighted by atomic mass is 15.0. The first-order chi connectivity index (χ1) is 21.3. The fraction of sp³-hybridized carbons (Fsp3) is 0.146. The molecular weight excluding hydrogens is 534 g/mol. The Morgan fingerprint density at radius 2 is 0.932 bits per heavy atom. The third-order valence-corrected chi connectivity index (χ3v) is 10.1. The molecule has 1 aliphatic carbocycles. The SMILES string of the molecule is CC1(C)c2ccccc2-c2cc3c(cc2C1(C)C)c(-c1nc(-c2ccccc2)nc(-c2ccccc2)n1)cc1ccccc13. The first-order valence-corrected chi connectivity index (χ1v) is 15.3. The maximum Gasteiger partial charge on any atom is 0.164 e. The van der Waals surface area contributed by atoms with Gasteiger partial charge in [-0.15, -0.1) is 0 Å². The molecule has 8 rings (SSSR count). The number of hydrogen-bond donors (Lipinski definition) is 0. The van der Waals surface area contributed by atoms with Gasteiger partial charge in [0, 0.05) is 16.7 Å². The Morgan fingerprint density at radius 1 is 0.386 bits per heavy atom. The number of hydrogen-bond acceptors (Lipinski definition) is 3. The summed E-state index contributed by atoms with van der Waals surface area (Å²) in [7, 11) is 0. The second-order valence-corrected chi connectivity index (χ2v) is 12.9. The number of fused-ring (bicyclic) bond motifs is 6. The minimum Gasteiger partial charge on any atom is -0.208 e. The molecule has 0 aliphatic heterocycles. The smallest absolute Gasteiger partial charge is 0.164 e. The van der Waals surface area contributed by atoms with Crippen molar-refractivity contribution in [3.8, 4) is 45.3 Å². The number of rotatable bonds is 3. The Hall–Kier alpha value is -5.15. The van der Waals surface area contributed by atoms with Gasteiger partial charge in [0.15, 0.2) is 17.5 Å². The van der Waals surface area contributed by atoms with Crippen molar-refractivity contribution in [2.75, 3.05) is 0 Å². The average molecular weight is 568 g/mol. The second-order valence-electron chi connectivity index (χ2n) is 12.9. The summed E-state index contributed by atoms with van der Waals surface area (Å²) in [5.74, 6) is 2.02. The van der Waals surface area contributed by atoms with Crippen LogP contribution in [0.4, 0.5) is 0 Å². The molecule has 212 valence electrons. The van der Waals surface area contributed by atoms with E-state index in [1.165, 1.54) is 38.4 Å². The van der Waals surface area contributed by atoms with Crippen LogP contribution in [0.5, 0.6) is 0 Å². The lowest BCUT2D eigenvalue weighted by Gasteiger charge is -2.48. The average Bonchev–Trinajstić information content (AvgIpc) is 3.07. The zero-order valence-corrected chi connectivity index (χ0v) is 25.5. The van der Waals surface area contributed by atoms with E-state index in [2.05, 4.69) is 119 Å². The van der Waals surface area contributed by atoms with Gasteiger partial charge in [0.2, 0.25) is 0 Å². The van der Waals surface area contributed by atoms with E-state index in [1.807, 2.05) is 36.4 Å². The van der Waals surface area contributed by atoms with Crippen LogP contribution in [0, 0.1) is 0 Å². The molecule has 0 atom stereocenters. The fourth-order valence-electron chi connectivity index (χ4n) is 6.94. The van der Waals surface area contributed by atoms with Crippen molar-refractivity contribution >= 4 is 21.5 Å². The largest absolute Gasteiger partial charge is 0.208 e. The zero-order chi connectivity index (χ0) is 30.1. The lowest BCUT2D eigenvalue weighted by Crippen LogP contribution is -2.43. The molecule has 0 amide bonds. The minimum atomic E-state index is -0.114. The molecule has 0 N–H and O–H groups in total. The fourth-order valence-corrected chi connectivity index (χ4v) is 6.94. The van der Waals surface area contributed by atoms with E-state index >= 15 is 0 Å². The molecule has 1 aliphatic rings. The summed E-state index contributed by atoms with van der Waals surface area (Å²) in [6, 6.07) is 45.1. The van der Waals surface area contributed by atoms with E-state index in [9.17, 15) is 0 Å². The summed E-state index contributed by atoms with van der Waals surface area (Å²) in [6.07, 6.45) is 0. The molecule has 6 aromatic carbocycles. The van der Waals surface area contributed by atoms with Crippen molar-refractivity contribution in [2.24, 2.45) is 0 Å². The number of nitrogens with zero attached hydrogens (tertiary/aromatic N) is 3. The quantitative estimate of drug-likeness (QED) is 0.199. The first-order valence-electron chi connectivity index (χ1n) is 15.3. The van der Waals surface area contributed by atoms with Crippen LogP contribution in [0.25, 0.3) is 66.8 Å². The van der Waals surface area contributed by atoms with Crippen LogP contribution in [0.1, 0.15) is 38.8 Å². The third-order valence-electron chi connectivity index (χ3n) is 10.1. The van der Waals surface area contributed by atoms with Gasteiger partial charge < -0.3 is 0 Å². The van der Waals surface area contributed by atoms with Crippen LogP contribution in [0.2, 0.25) is 0 Å². The normalized spacial score (nSPS) is 14.7. The van der Waals surface area contributed by atoms with Gasteiger partial charge in [0.25, 0.3) is 0 Å². The Balaban J connectivity index is 1.48. The molecule has 1 heterocycles. The predicted molar refractivity (Wildman–Crippen MR) is 183 cm³/mol. The van der Waals surface area contributed by atoms with Crippen molar-refractivity contribution in [3.05, 3.63) is 139 Å². The maximum atomic E-state index is 5.15. The van der Waals surface area contributed by atoms with Crippen molar-refractivity contribution in [1.82, 2.24) is 15.0 Å². The zero-order valence-electron chi connectivity index (χ0n) is 25.5. The van der Waals surface area contributed by atoms with E-state index in [4.69, 9.17) is 15.0 Å². The lowest BCUT2D eigenvalue weighted by molar-refractivity contribution is 0.299. The Bertz CT molecular complexity index is 2160. The standard InChI is InChI=1S/C41H33N3/c1-40(2)35-22-14-13-21-30(35)33-24-31-29-20-12-11-19-28(29)23-34(32(31)25-36(33)41(40,3)4)39-43-37(26-15-7-5-8-16-26)42-38(44-39)27-17-9-6-10-18-27/h5-25H,1-4H3. The molecule has 0 bridgehead atoms. The van der Waals surface area contributed by atoms with E-state index in [-0.39, 0.29) is 10.8 Å². The highest BCUT2D eigenvalue weighted by Crippen LogP contribution is 2.55. The van der Waals surface area contributed by atoms with E-state index in [0.717, 1.165) is 22.1 Å². The minimum absolute atomic E-state index is 0.0601. The summed E-state index contributed by atoms with van der Waals surface area (Å²) in [4.78, 5) is 15.3. The van der Waals surface area contributed by atoms with Gasteiger partial charge in [-0.25, -0.2) is 15.0 Å². The molecule has 0 spiro atoms. The summed E-state index contributed by atoms with van der Waals surface area (Å²) >= 11 is 0. The van der Waals surface area contributed by atoms with Crippen LogP contribution in [0.3, 0.4) is 0 Å². The predicted octanol–water partition coefficient (Wildman–Crippen LogP) is 10.4. The van der Waals surface area contributed by atoms with Crippen molar-refractivity contribution in [3.63, 3.8) is 0 Å². The number of benzene rings is 6. The highest BCUT2D eigenvalue weighted by Gasteiger charge is 2.46. The summed E-state index contributed by atoms with van der Waals surface area (Å²) < 4.78 is 0. The maximum absolute atomic E-state index is 5.15. The second kappa shape index (κ2) is 9.68. The molecule has 3 nitrogen and oxygen atoms in total. The van der Waals surface area contributed by atoms with Gasteiger partial charge in [-0.2, -0.15) is 0 Å². The molecule has 44 heavy (non-hydrogen) atoms. The molecule has 0 fully saturated rings. The Labute approximate surface area is 258 Å². The summed E-state index contributed by atoms with van der Waals surface area (Å²) in [6.45, 7) is 9.53. The van der Waals surface area contributed by atoms with Gasteiger partial charge in [-0.1, -0.05) is 137 Å². The van der Waals surface area contributed by atoms with Crippen molar-refractivity contribution in [1.29, 1.82) is 0 Å². The van der Waals surface area contributed by atoms with Crippen LogP contribution < -0.4 is 0 Å². The molecule has 0 saturated heterocycles. The van der Waals surface area contributed by atoms with Crippen molar-refractivity contribution < 1.29 is 0 Å². The Kier molecular flexibility index (Phi) is 5.83. The molecule has 0 saturated carbocycles. The molecule has 0 unspecified atom stereocenters. The molecular formula is C41H33N3. The Morgan fingerprint density at radius 3 is 1.61 bits per heavy atom. The third kappa shape index (κ3) is 3.92. The highest BCUT2D eigenvalue weighted by molar-refractivity contribution is 6.15. The van der Waals surface area contributed by atoms with Gasteiger partial charge in [0.1, 0.15) is 0 Å². The number of aromatic nitrogens is 3. The molecule has 1 aromatic heterocycles. The van der Waals surface area contributed by atoms with Gasteiger partial charge >= 0.3 is 0 Å². The van der Waals surface area contributed by atoms with Crippen LogP contribution in [-0.2, 0) is 10.8 Å². The van der Waals surface area contributed by atoms with E-state index in [1.54, 1.807) is 0 Å². The van der Waals surface area contributed by atoms with Gasteiger partial charge in [-0.3, -0.25) is 0 Å². The summed E-state index contributed by atoms with van der Waals surface area (Å²) in [5.41, 5.74) is 8.16. The molecule has 0 radical (unpaired) electrons. The lowest BCUT2D eigenvalue weighted by atomic mass is 9.55. The van der Waals surface area contributed by atoms with E-state index in [0.29, 0.717) is 17.5 Å². The topological polar surface area (TPSA) is 38.7 Å². The van der Waals surface area contributed by atoms with Gasteiger partial charge in [0.05, 0.1) is 0 Å². The summed E-state index contributed by atoms with van der Waals surface area (Å²) in [5, 5.41) is 4.77. The van der Waals surface area contributed by atoms with Crippen LogP contribution in [0.15, 0.2) is 127 Å². The molecule has 7 aromatic rings. The van der Waals surface area contributed by atoms with Crippen molar-refractivity contribution in [2.45, 2.75) is 38.5 Å². The van der Waals surface area contributed by atoms with Crippen LogP contribution >= 0.6 is 0 Å². The monoisotopic (exact) mass is 567 g/mol. The first kappa shape index (κ1) is 26.5. The van der Waals surface area contributed by atoms with E-state index < -0.39 is 0 Å². The van der Waals surface area contributed by atoms with Crippen LogP contribution in [-0.4, -0.2) is 15.0 Å². The van der Waals surface area contributed by atoms with Gasteiger partial charge in [-0.05, 0) is 72.8 Å².